The second-order valence-corrected chi connectivity index (χ2v) is 20.9. The van der Waals surface area contributed by atoms with Crippen LogP contribution in [0.1, 0.15) is 67.2 Å². The summed E-state index contributed by atoms with van der Waals surface area (Å²) in [6.07, 6.45) is 8.78. The summed E-state index contributed by atoms with van der Waals surface area (Å²) in [5.41, 5.74) is 0. The van der Waals surface area contributed by atoms with Gasteiger partial charge in [0.05, 0.1) is 18.8 Å². The average molecular weight is 415 g/mol. The van der Waals surface area contributed by atoms with Crippen molar-refractivity contribution in [2.24, 2.45) is 5.92 Å². The van der Waals surface area contributed by atoms with Gasteiger partial charge in [-0.15, -0.1) is 0 Å². The van der Waals surface area contributed by atoms with Crippen LogP contribution in [0, 0.1) is 5.92 Å². The Hall–Kier alpha value is 0.0538. The molecule has 3 atom stereocenters. The van der Waals surface area contributed by atoms with E-state index in [0.29, 0.717) is 5.92 Å². The van der Waals surface area contributed by atoms with E-state index in [1.807, 2.05) is 6.08 Å². The smallest absolute Gasteiger partial charge is 0.192 e. The van der Waals surface area contributed by atoms with Crippen LogP contribution in [-0.2, 0) is 8.85 Å². The molecule has 0 unspecified atom stereocenters. The number of hydrogen-bond donors (Lipinski definition) is 1. The largest absolute Gasteiger partial charge is 0.411 e. The number of aliphatic hydroxyl groups excluding tert-OH is 1. The number of allylic oxidation sites excluding steroid dienone is 1. The van der Waals surface area contributed by atoms with Gasteiger partial charge in [-0.25, -0.2) is 0 Å². The van der Waals surface area contributed by atoms with Crippen molar-refractivity contribution >= 4 is 16.6 Å². The fourth-order valence-corrected chi connectivity index (χ4v) is 5.87. The van der Waals surface area contributed by atoms with E-state index in [-0.39, 0.29) is 28.9 Å². The van der Waals surface area contributed by atoms with E-state index in [0.717, 1.165) is 19.3 Å². The standard InChI is InChI=1S/C22H46O3Si2/c1-21(2,3)26(7,8)24-19-15-14-18(13-11-12-16-23)17-20(19)25-27(9,10)22(4,5)6/h11-12,18-20,23H,13-17H2,1-10H3/b12-11+/t18-,19-,20-/m1/s1. The van der Waals surface area contributed by atoms with E-state index >= 15 is 0 Å². The monoisotopic (exact) mass is 414 g/mol. The Balaban J connectivity index is 2.98. The highest BCUT2D eigenvalue weighted by atomic mass is 28.4. The second kappa shape index (κ2) is 9.25. The average Bonchev–Trinajstić information content (AvgIpc) is 2.47. The first-order valence-corrected chi connectivity index (χ1v) is 16.5. The highest BCUT2D eigenvalue weighted by Gasteiger charge is 2.46. The van der Waals surface area contributed by atoms with E-state index in [1.54, 1.807) is 0 Å². The van der Waals surface area contributed by atoms with Gasteiger partial charge in [-0.3, -0.25) is 0 Å². The molecule has 3 nitrogen and oxygen atoms in total. The van der Waals surface area contributed by atoms with Gasteiger partial charge in [-0.2, -0.15) is 0 Å². The Morgan fingerprint density at radius 2 is 1.30 bits per heavy atom. The zero-order chi connectivity index (χ0) is 21.1. The summed E-state index contributed by atoms with van der Waals surface area (Å²) in [4.78, 5) is 0. The molecule has 0 spiro atoms. The van der Waals surface area contributed by atoms with Gasteiger partial charge in [-0.05, 0) is 67.9 Å². The first-order valence-electron chi connectivity index (χ1n) is 10.7. The maximum absolute atomic E-state index is 9.01. The molecule has 0 aliphatic heterocycles. The fourth-order valence-electron chi connectivity index (χ4n) is 3.13. The minimum atomic E-state index is -1.85. The normalized spacial score (nSPS) is 26.0. The van der Waals surface area contributed by atoms with Crippen molar-refractivity contribution in [2.45, 2.75) is 116 Å². The summed E-state index contributed by atoms with van der Waals surface area (Å²) in [5, 5.41) is 9.44. The molecule has 0 heterocycles. The van der Waals surface area contributed by atoms with Gasteiger partial charge in [0, 0.05) is 0 Å². The summed E-state index contributed by atoms with van der Waals surface area (Å²) in [6.45, 7) is 23.4. The van der Waals surface area contributed by atoms with Crippen molar-refractivity contribution in [3.63, 3.8) is 0 Å². The molecule has 0 aromatic rings. The lowest BCUT2D eigenvalue weighted by molar-refractivity contribution is -0.00988. The predicted molar refractivity (Wildman–Crippen MR) is 122 cm³/mol. The molecule has 27 heavy (non-hydrogen) atoms. The topological polar surface area (TPSA) is 38.7 Å². The minimum absolute atomic E-state index is 0.133. The van der Waals surface area contributed by atoms with Crippen molar-refractivity contribution in [1.82, 2.24) is 0 Å². The van der Waals surface area contributed by atoms with Gasteiger partial charge >= 0.3 is 0 Å². The molecule has 0 saturated heterocycles. The van der Waals surface area contributed by atoms with Gasteiger partial charge in [-0.1, -0.05) is 53.7 Å². The molecule has 0 radical (unpaired) electrons. The van der Waals surface area contributed by atoms with Crippen LogP contribution in [0.2, 0.25) is 36.3 Å². The van der Waals surface area contributed by atoms with Crippen LogP contribution in [0.5, 0.6) is 0 Å². The van der Waals surface area contributed by atoms with Crippen molar-refractivity contribution in [3.05, 3.63) is 12.2 Å². The van der Waals surface area contributed by atoms with Gasteiger partial charge in [0.2, 0.25) is 0 Å². The third kappa shape index (κ3) is 7.11. The van der Waals surface area contributed by atoms with Crippen molar-refractivity contribution in [1.29, 1.82) is 0 Å². The lowest BCUT2D eigenvalue weighted by atomic mass is 9.83. The summed E-state index contributed by atoms with van der Waals surface area (Å²) in [5.74, 6) is 0.627. The molecule has 1 fully saturated rings. The summed E-state index contributed by atoms with van der Waals surface area (Å²) < 4.78 is 13.8. The van der Waals surface area contributed by atoms with Crippen LogP contribution in [0.25, 0.3) is 0 Å². The van der Waals surface area contributed by atoms with E-state index in [1.165, 1.54) is 6.42 Å². The maximum atomic E-state index is 9.01. The third-order valence-electron chi connectivity index (χ3n) is 7.09. The van der Waals surface area contributed by atoms with Crippen LogP contribution in [0.3, 0.4) is 0 Å². The van der Waals surface area contributed by atoms with Crippen molar-refractivity contribution in [2.75, 3.05) is 6.61 Å². The van der Waals surface area contributed by atoms with Crippen LogP contribution in [0.4, 0.5) is 0 Å². The molecule has 1 N–H and O–H groups in total. The molecule has 0 aromatic carbocycles. The van der Waals surface area contributed by atoms with Crippen LogP contribution >= 0.6 is 0 Å². The second-order valence-electron chi connectivity index (χ2n) is 11.4. The SMILES string of the molecule is CC(C)(C)[Si](C)(C)O[C@@H]1CC[C@@H](C/C=C/CO)C[C@H]1O[Si](C)(C)C(C)(C)C. The van der Waals surface area contributed by atoms with Crippen LogP contribution in [0.15, 0.2) is 12.2 Å². The number of aliphatic hydroxyl groups is 1. The lowest BCUT2D eigenvalue weighted by Gasteiger charge is -2.48. The maximum Gasteiger partial charge on any atom is 0.192 e. The summed E-state index contributed by atoms with van der Waals surface area (Å²) in [6, 6.07) is 0. The van der Waals surface area contributed by atoms with Crippen molar-refractivity contribution < 1.29 is 14.0 Å². The molecule has 160 valence electrons. The Morgan fingerprint density at radius 3 is 1.74 bits per heavy atom. The lowest BCUT2D eigenvalue weighted by Crippen LogP contribution is -2.53. The zero-order valence-electron chi connectivity index (χ0n) is 19.7. The molecule has 1 rings (SSSR count). The quantitative estimate of drug-likeness (QED) is 0.381. The molecular weight excluding hydrogens is 368 g/mol. The highest BCUT2D eigenvalue weighted by molar-refractivity contribution is 6.74. The first-order chi connectivity index (χ1) is 12.1. The number of rotatable bonds is 7. The van der Waals surface area contributed by atoms with E-state index in [4.69, 9.17) is 14.0 Å². The Morgan fingerprint density at radius 1 is 0.815 bits per heavy atom. The van der Waals surface area contributed by atoms with Gasteiger partial charge in [0.1, 0.15) is 0 Å². The molecular formula is C22H46O3Si2. The Kier molecular flexibility index (Phi) is 8.59. The van der Waals surface area contributed by atoms with E-state index in [9.17, 15) is 0 Å². The van der Waals surface area contributed by atoms with Crippen LogP contribution in [-0.4, -0.2) is 40.6 Å². The molecule has 0 aromatic heterocycles. The zero-order valence-corrected chi connectivity index (χ0v) is 21.7. The highest BCUT2D eigenvalue weighted by Crippen LogP contribution is 2.43. The van der Waals surface area contributed by atoms with Gasteiger partial charge in [0.15, 0.2) is 16.6 Å². The van der Waals surface area contributed by atoms with Crippen LogP contribution < -0.4 is 0 Å². The summed E-state index contributed by atoms with van der Waals surface area (Å²) >= 11 is 0. The third-order valence-corrected chi connectivity index (χ3v) is 16.1. The number of hydrogen-bond acceptors (Lipinski definition) is 3. The first kappa shape index (κ1) is 25.1. The molecule has 1 aliphatic carbocycles. The molecule has 5 heteroatoms. The van der Waals surface area contributed by atoms with Gasteiger partial charge in [0.25, 0.3) is 0 Å². The molecule has 1 saturated carbocycles. The molecule has 0 bridgehead atoms. The fraction of sp³-hybridized carbons (Fsp3) is 0.909. The van der Waals surface area contributed by atoms with Crippen molar-refractivity contribution in [3.8, 4) is 0 Å². The predicted octanol–water partition coefficient (Wildman–Crippen LogP) is 6.51. The summed E-state index contributed by atoms with van der Waals surface area (Å²) in [7, 11) is -3.67. The molecule has 1 aliphatic rings. The Bertz CT molecular complexity index is 487. The Labute approximate surface area is 171 Å². The minimum Gasteiger partial charge on any atom is -0.411 e. The van der Waals surface area contributed by atoms with E-state index in [2.05, 4.69) is 73.8 Å². The van der Waals surface area contributed by atoms with E-state index < -0.39 is 16.6 Å². The molecule has 0 amide bonds. The van der Waals surface area contributed by atoms with Gasteiger partial charge < -0.3 is 14.0 Å².